The van der Waals surface area contributed by atoms with Crippen LogP contribution < -0.4 is 14.9 Å². The standard InChI is InChI=1S/C30H29BrN2O4S2/c1-18-6-10-21(11-7-18)27(34)32-33-28(35)25(39-29(33)38)16-20-14-23(31)26(24(15-20)36-5)37-17-19-8-12-22(13-9-19)30(2,3)4/h6-16H,17H2,1-5H3,(H,32,34)/b25-16+. The molecule has 3 aromatic rings. The van der Waals surface area contributed by atoms with E-state index in [1.165, 1.54) is 5.56 Å². The number of amides is 2. The Balaban J connectivity index is 1.48. The van der Waals surface area contributed by atoms with E-state index in [-0.39, 0.29) is 9.74 Å². The highest BCUT2D eigenvalue weighted by molar-refractivity contribution is 9.10. The summed E-state index contributed by atoms with van der Waals surface area (Å²) in [7, 11) is 1.57. The third-order valence-corrected chi connectivity index (χ3v) is 7.96. The van der Waals surface area contributed by atoms with Crippen molar-refractivity contribution in [3.05, 3.63) is 97.9 Å². The number of halogens is 1. The first-order chi connectivity index (χ1) is 18.5. The number of hydrogen-bond donors (Lipinski definition) is 1. The van der Waals surface area contributed by atoms with E-state index in [1.54, 1.807) is 31.4 Å². The number of nitrogens with zero attached hydrogens (tertiary/aromatic N) is 1. The van der Waals surface area contributed by atoms with Gasteiger partial charge in [0.05, 0.1) is 16.5 Å². The summed E-state index contributed by atoms with van der Waals surface area (Å²) >= 11 is 10.1. The van der Waals surface area contributed by atoms with Crippen molar-refractivity contribution in [1.29, 1.82) is 0 Å². The SMILES string of the molecule is COc1cc(/C=C2/SC(=S)N(NC(=O)c3ccc(C)cc3)C2=O)cc(Br)c1OCc1ccc(C(C)(C)C)cc1. The quantitative estimate of drug-likeness (QED) is 0.222. The molecule has 0 atom stereocenters. The minimum absolute atomic E-state index is 0.0857. The number of rotatable bonds is 7. The van der Waals surface area contributed by atoms with Gasteiger partial charge in [0.15, 0.2) is 15.8 Å². The van der Waals surface area contributed by atoms with Crippen LogP contribution in [-0.2, 0) is 16.8 Å². The van der Waals surface area contributed by atoms with Gasteiger partial charge in [-0.3, -0.25) is 15.0 Å². The molecule has 1 saturated heterocycles. The van der Waals surface area contributed by atoms with Gasteiger partial charge in [0.1, 0.15) is 6.61 Å². The number of ether oxygens (including phenoxy) is 2. The molecule has 9 heteroatoms. The molecule has 0 spiro atoms. The molecule has 0 aromatic heterocycles. The van der Waals surface area contributed by atoms with Crippen LogP contribution in [0.2, 0.25) is 0 Å². The lowest BCUT2D eigenvalue weighted by Crippen LogP contribution is -2.44. The Kier molecular flexibility index (Phi) is 8.83. The van der Waals surface area contributed by atoms with Gasteiger partial charge in [0, 0.05) is 5.56 Å². The number of thioether (sulfide) groups is 1. The van der Waals surface area contributed by atoms with Gasteiger partial charge in [-0.1, -0.05) is 74.5 Å². The van der Waals surface area contributed by atoms with Crippen LogP contribution in [0.1, 0.15) is 53.4 Å². The number of carbonyl (C=O) groups excluding carboxylic acids is 2. The van der Waals surface area contributed by atoms with E-state index < -0.39 is 11.8 Å². The van der Waals surface area contributed by atoms with Gasteiger partial charge in [-0.2, -0.15) is 5.01 Å². The number of methoxy groups -OCH3 is 1. The van der Waals surface area contributed by atoms with Gasteiger partial charge in [0.25, 0.3) is 11.8 Å². The number of thiocarbonyl (C=S) groups is 1. The summed E-state index contributed by atoms with van der Waals surface area (Å²) in [5, 5.41) is 1.10. The summed E-state index contributed by atoms with van der Waals surface area (Å²) in [5.41, 5.74) is 7.18. The van der Waals surface area contributed by atoms with Gasteiger partial charge in [0.2, 0.25) is 0 Å². The van der Waals surface area contributed by atoms with Gasteiger partial charge < -0.3 is 9.47 Å². The number of nitrogens with one attached hydrogen (secondary N) is 1. The van der Waals surface area contributed by atoms with E-state index in [4.69, 9.17) is 21.7 Å². The van der Waals surface area contributed by atoms with E-state index in [0.717, 1.165) is 27.9 Å². The lowest BCUT2D eigenvalue weighted by Gasteiger charge is -2.19. The zero-order valence-corrected chi connectivity index (χ0v) is 25.6. The first-order valence-corrected chi connectivity index (χ1v) is 14.2. The highest BCUT2D eigenvalue weighted by Crippen LogP contribution is 2.39. The second-order valence-corrected chi connectivity index (χ2v) is 12.6. The number of hydrazine groups is 1. The van der Waals surface area contributed by atoms with Crippen molar-refractivity contribution in [1.82, 2.24) is 10.4 Å². The van der Waals surface area contributed by atoms with E-state index in [0.29, 0.717) is 38.6 Å². The van der Waals surface area contributed by atoms with Gasteiger partial charge in [-0.25, -0.2) is 0 Å². The third kappa shape index (κ3) is 6.90. The summed E-state index contributed by atoms with van der Waals surface area (Å²) < 4.78 is 12.6. The Morgan fingerprint density at radius 1 is 1.10 bits per heavy atom. The van der Waals surface area contributed by atoms with Crippen molar-refractivity contribution in [2.24, 2.45) is 0 Å². The Labute approximate surface area is 246 Å². The summed E-state index contributed by atoms with van der Waals surface area (Å²) in [6.07, 6.45) is 1.71. The van der Waals surface area contributed by atoms with Crippen molar-refractivity contribution in [3.63, 3.8) is 0 Å². The summed E-state index contributed by atoms with van der Waals surface area (Å²) in [6, 6.07) is 19.1. The third-order valence-electron chi connectivity index (χ3n) is 6.07. The predicted molar refractivity (Wildman–Crippen MR) is 164 cm³/mol. The summed E-state index contributed by atoms with van der Waals surface area (Å²) in [4.78, 5) is 26.1. The number of benzene rings is 3. The molecule has 1 heterocycles. The number of hydrogen-bond acceptors (Lipinski definition) is 6. The van der Waals surface area contributed by atoms with Crippen molar-refractivity contribution in [2.45, 2.75) is 39.7 Å². The maximum absolute atomic E-state index is 13.1. The highest BCUT2D eigenvalue weighted by Gasteiger charge is 2.34. The monoisotopic (exact) mass is 624 g/mol. The average Bonchev–Trinajstić information content (AvgIpc) is 3.15. The zero-order valence-electron chi connectivity index (χ0n) is 22.3. The Bertz CT molecular complexity index is 1450. The van der Waals surface area contributed by atoms with Gasteiger partial charge >= 0.3 is 0 Å². The van der Waals surface area contributed by atoms with Crippen LogP contribution in [0, 0.1) is 6.92 Å². The Morgan fingerprint density at radius 3 is 2.38 bits per heavy atom. The summed E-state index contributed by atoms with van der Waals surface area (Å²) in [6.45, 7) is 8.86. The van der Waals surface area contributed by atoms with Crippen molar-refractivity contribution < 1.29 is 19.1 Å². The van der Waals surface area contributed by atoms with E-state index in [9.17, 15) is 9.59 Å². The minimum Gasteiger partial charge on any atom is -0.493 e. The molecule has 0 saturated carbocycles. The number of carbonyl (C=O) groups is 2. The van der Waals surface area contributed by atoms with Crippen molar-refractivity contribution >= 4 is 62.1 Å². The molecule has 1 aliphatic heterocycles. The molecule has 1 aliphatic rings. The molecule has 39 heavy (non-hydrogen) atoms. The van der Waals surface area contributed by atoms with E-state index >= 15 is 0 Å². The molecule has 1 N–H and O–H groups in total. The van der Waals surface area contributed by atoms with Crippen LogP contribution in [0.3, 0.4) is 0 Å². The van der Waals surface area contributed by atoms with E-state index in [2.05, 4.69) is 66.4 Å². The topological polar surface area (TPSA) is 67.9 Å². The molecule has 6 nitrogen and oxygen atoms in total. The predicted octanol–water partition coefficient (Wildman–Crippen LogP) is 7.19. The van der Waals surface area contributed by atoms with Crippen LogP contribution in [0.5, 0.6) is 11.5 Å². The fourth-order valence-electron chi connectivity index (χ4n) is 3.81. The van der Waals surface area contributed by atoms with Crippen molar-refractivity contribution in [3.8, 4) is 11.5 Å². The second kappa shape index (κ2) is 11.9. The second-order valence-electron chi connectivity index (χ2n) is 10.1. The van der Waals surface area contributed by atoms with Crippen LogP contribution in [-0.4, -0.2) is 28.3 Å². The molecule has 0 aliphatic carbocycles. The Morgan fingerprint density at radius 2 is 1.77 bits per heavy atom. The van der Waals surface area contributed by atoms with Crippen molar-refractivity contribution in [2.75, 3.05) is 7.11 Å². The maximum Gasteiger partial charge on any atom is 0.285 e. The van der Waals surface area contributed by atoms with Crippen LogP contribution in [0.4, 0.5) is 0 Å². The van der Waals surface area contributed by atoms with Gasteiger partial charge in [-0.15, -0.1) is 0 Å². The average molecular weight is 626 g/mol. The molecule has 0 radical (unpaired) electrons. The molecule has 3 aromatic carbocycles. The summed E-state index contributed by atoms with van der Waals surface area (Å²) in [5.74, 6) is 0.267. The molecule has 4 rings (SSSR count). The zero-order chi connectivity index (χ0) is 28.3. The number of aryl methyl sites for hydroxylation is 1. The first-order valence-electron chi connectivity index (χ1n) is 12.2. The molecule has 0 bridgehead atoms. The molecule has 2 amide bonds. The molecular formula is C30H29BrN2O4S2. The molecule has 0 unspecified atom stereocenters. The van der Waals surface area contributed by atoms with E-state index in [1.807, 2.05) is 25.1 Å². The van der Waals surface area contributed by atoms with Crippen LogP contribution in [0.15, 0.2) is 70.0 Å². The minimum atomic E-state index is -0.411. The van der Waals surface area contributed by atoms with Gasteiger partial charge in [-0.05, 0) is 87.5 Å². The largest absolute Gasteiger partial charge is 0.493 e. The maximum atomic E-state index is 13.1. The fraction of sp³-hybridized carbons (Fsp3) is 0.233. The smallest absolute Gasteiger partial charge is 0.285 e. The Hall–Kier alpha value is -3.14. The normalized spacial score (nSPS) is 14.6. The molecule has 1 fully saturated rings. The lowest BCUT2D eigenvalue weighted by atomic mass is 9.87. The lowest BCUT2D eigenvalue weighted by molar-refractivity contribution is -0.123. The molecular weight excluding hydrogens is 596 g/mol. The van der Waals surface area contributed by atoms with Crippen LogP contribution in [0.25, 0.3) is 6.08 Å². The highest BCUT2D eigenvalue weighted by atomic mass is 79.9. The fourth-order valence-corrected chi connectivity index (χ4v) is 5.56. The van der Waals surface area contributed by atoms with Crippen LogP contribution >= 0.6 is 39.9 Å². The molecule has 202 valence electrons. The first kappa shape index (κ1) is 28.9.